The Morgan fingerprint density at radius 1 is 1.28 bits per heavy atom. The van der Waals surface area contributed by atoms with E-state index >= 15 is 0 Å². The maximum Gasteiger partial charge on any atom is 0.131 e. The molecule has 0 aliphatic rings. The summed E-state index contributed by atoms with van der Waals surface area (Å²) in [5.41, 5.74) is 3.99. The Morgan fingerprint density at radius 3 is 2.56 bits per heavy atom. The smallest absolute Gasteiger partial charge is 0.131 e. The lowest BCUT2D eigenvalue weighted by molar-refractivity contribution is 0.757. The van der Waals surface area contributed by atoms with E-state index in [0.29, 0.717) is 11.7 Å². The Morgan fingerprint density at radius 2 is 2.00 bits per heavy atom. The average Bonchev–Trinajstić information content (AvgIpc) is 2.56. The highest BCUT2D eigenvalue weighted by Gasteiger charge is 2.10. The third kappa shape index (κ3) is 2.62. The summed E-state index contributed by atoms with van der Waals surface area (Å²) >= 11 is 12.3. The van der Waals surface area contributed by atoms with E-state index in [0.717, 1.165) is 27.5 Å². The molecule has 96 valence electrons. The Hall–Kier alpha value is -1.19. The van der Waals surface area contributed by atoms with E-state index in [9.17, 15) is 0 Å². The van der Waals surface area contributed by atoms with Crippen molar-refractivity contribution in [1.82, 2.24) is 9.78 Å². The molecule has 0 saturated carbocycles. The van der Waals surface area contributed by atoms with Crippen molar-refractivity contribution >= 4 is 28.9 Å². The molecule has 0 bridgehead atoms. The van der Waals surface area contributed by atoms with Gasteiger partial charge in [-0.25, -0.2) is 0 Å². The zero-order chi connectivity index (χ0) is 13.3. The summed E-state index contributed by atoms with van der Waals surface area (Å²) < 4.78 is 1.68. The molecule has 0 aliphatic carbocycles. The maximum atomic E-state index is 6.17. The Bertz CT molecular complexity index is 576. The minimum atomic E-state index is 0.637. The molecule has 0 amide bonds. The SMILES string of the molecule is Cc1ccc(NCc2c(C)nn(C)c2Cl)cc1Cl. The van der Waals surface area contributed by atoms with Gasteiger partial charge in [0.15, 0.2) is 0 Å². The molecule has 3 nitrogen and oxygen atoms in total. The highest BCUT2D eigenvalue weighted by atomic mass is 35.5. The Labute approximate surface area is 117 Å². The van der Waals surface area contributed by atoms with Crippen LogP contribution in [0.5, 0.6) is 0 Å². The molecule has 0 radical (unpaired) electrons. The van der Waals surface area contributed by atoms with Crippen LogP contribution in [0.3, 0.4) is 0 Å². The quantitative estimate of drug-likeness (QED) is 0.924. The topological polar surface area (TPSA) is 29.9 Å². The van der Waals surface area contributed by atoms with Crippen LogP contribution in [0.1, 0.15) is 16.8 Å². The van der Waals surface area contributed by atoms with Crippen LogP contribution >= 0.6 is 23.2 Å². The van der Waals surface area contributed by atoms with Gasteiger partial charge in [0.1, 0.15) is 5.15 Å². The summed E-state index contributed by atoms with van der Waals surface area (Å²) in [5.74, 6) is 0. The minimum absolute atomic E-state index is 0.637. The summed E-state index contributed by atoms with van der Waals surface area (Å²) in [6.45, 7) is 4.57. The van der Waals surface area contributed by atoms with E-state index in [-0.39, 0.29) is 0 Å². The van der Waals surface area contributed by atoms with Gasteiger partial charge in [0.25, 0.3) is 0 Å². The second-order valence-electron chi connectivity index (χ2n) is 4.30. The molecule has 1 aromatic carbocycles. The van der Waals surface area contributed by atoms with Crippen LogP contribution in [0.4, 0.5) is 5.69 Å². The summed E-state index contributed by atoms with van der Waals surface area (Å²) in [6.07, 6.45) is 0. The molecular formula is C13H15Cl2N3. The first kappa shape index (κ1) is 13.2. The monoisotopic (exact) mass is 283 g/mol. The van der Waals surface area contributed by atoms with E-state index in [2.05, 4.69) is 10.4 Å². The van der Waals surface area contributed by atoms with Crippen LogP contribution in [0, 0.1) is 13.8 Å². The molecule has 0 atom stereocenters. The largest absolute Gasteiger partial charge is 0.381 e. The van der Waals surface area contributed by atoms with E-state index in [1.165, 1.54) is 0 Å². The summed E-state index contributed by atoms with van der Waals surface area (Å²) in [7, 11) is 1.83. The minimum Gasteiger partial charge on any atom is -0.381 e. The molecule has 0 unspecified atom stereocenters. The normalized spacial score (nSPS) is 10.7. The molecule has 0 spiro atoms. The van der Waals surface area contributed by atoms with Gasteiger partial charge in [-0.3, -0.25) is 4.68 Å². The number of anilines is 1. The van der Waals surface area contributed by atoms with Crippen molar-refractivity contribution in [2.45, 2.75) is 20.4 Å². The number of nitrogens with one attached hydrogen (secondary N) is 1. The second-order valence-corrected chi connectivity index (χ2v) is 5.06. The van der Waals surface area contributed by atoms with Crippen LogP contribution in [-0.4, -0.2) is 9.78 Å². The average molecular weight is 284 g/mol. The van der Waals surface area contributed by atoms with Crippen molar-refractivity contribution < 1.29 is 0 Å². The Kier molecular flexibility index (Phi) is 3.83. The summed E-state index contributed by atoms with van der Waals surface area (Å²) in [4.78, 5) is 0. The van der Waals surface area contributed by atoms with Gasteiger partial charge in [-0.15, -0.1) is 0 Å². The van der Waals surface area contributed by atoms with Crippen molar-refractivity contribution in [2.75, 3.05) is 5.32 Å². The Balaban J connectivity index is 2.14. The third-order valence-electron chi connectivity index (χ3n) is 2.91. The van der Waals surface area contributed by atoms with E-state index in [1.54, 1.807) is 4.68 Å². The first-order valence-corrected chi connectivity index (χ1v) is 6.42. The lowest BCUT2D eigenvalue weighted by atomic mass is 10.2. The van der Waals surface area contributed by atoms with Crippen LogP contribution in [0.2, 0.25) is 10.2 Å². The van der Waals surface area contributed by atoms with Gasteiger partial charge in [-0.05, 0) is 31.5 Å². The zero-order valence-corrected chi connectivity index (χ0v) is 12.1. The lowest BCUT2D eigenvalue weighted by Gasteiger charge is -2.08. The first-order chi connectivity index (χ1) is 8.49. The van der Waals surface area contributed by atoms with Gasteiger partial charge in [0.2, 0.25) is 0 Å². The molecule has 0 saturated heterocycles. The highest BCUT2D eigenvalue weighted by Crippen LogP contribution is 2.23. The number of aryl methyl sites for hydroxylation is 3. The lowest BCUT2D eigenvalue weighted by Crippen LogP contribution is -2.01. The maximum absolute atomic E-state index is 6.17. The van der Waals surface area contributed by atoms with Gasteiger partial charge in [0.05, 0.1) is 5.69 Å². The first-order valence-electron chi connectivity index (χ1n) is 5.67. The number of hydrogen-bond donors (Lipinski definition) is 1. The van der Waals surface area contributed by atoms with Crippen molar-refractivity contribution in [3.8, 4) is 0 Å². The molecular weight excluding hydrogens is 269 g/mol. The van der Waals surface area contributed by atoms with Gasteiger partial charge < -0.3 is 5.32 Å². The number of rotatable bonds is 3. The fourth-order valence-electron chi connectivity index (χ4n) is 1.77. The molecule has 1 aromatic heterocycles. The number of hydrogen-bond acceptors (Lipinski definition) is 2. The molecule has 1 N–H and O–H groups in total. The molecule has 2 aromatic rings. The van der Waals surface area contributed by atoms with E-state index < -0.39 is 0 Å². The van der Waals surface area contributed by atoms with Crippen molar-refractivity contribution in [1.29, 1.82) is 0 Å². The standard InChI is InChI=1S/C13H15Cl2N3/c1-8-4-5-10(6-12(8)14)16-7-11-9(2)17-18(3)13(11)15/h4-6,16H,7H2,1-3H3. The third-order valence-corrected chi connectivity index (χ3v) is 3.79. The zero-order valence-electron chi connectivity index (χ0n) is 10.6. The van der Waals surface area contributed by atoms with Crippen LogP contribution in [0.15, 0.2) is 18.2 Å². The van der Waals surface area contributed by atoms with Crippen molar-refractivity contribution in [2.24, 2.45) is 7.05 Å². The van der Waals surface area contributed by atoms with Gasteiger partial charge in [0, 0.05) is 29.9 Å². The number of nitrogens with zero attached hydrogens (tertiary/aromatic N) is 2. The highest BCUT2D eigenvalue weighted by molar-refractivity contribution is 6.31. The van der Waals surface area contributed by atoms with Crippen LogP contribution < -0.4 is 5.32 Å². The predicted molar refractivity (Wildman–Crippen MR) is 76.5 cm³/mol. The second kappa shape index (κ2) is 5.21. The van der Waals surface area contributed by atoms with E-state index in [1.807, 2.05) is 39.1 Å². The molecule has 5 heteroatoms. The number of aromatic nitrogens is 2. The number of benzene rings is 1. The van der Waals surface area contributed by atoms with Gasteiger partial charge in [-0.2, -0.15) is 5.10 Å². The van der Waals surface area contributed by atoms with Crippen molar-refractivity contribution in [3.63, 3.8) is 0 Å². The fraction of sp³-hybridized carbons (Fsp3) is 0.308. The molecule has 0 aliphatic heterocycles. The molecule has 18 heavy (non-hydrogen) atoms. The molecule has 0 fully saturated rings. The summed E-state index contributed by atoms with van der Waals surface area (Å²) in [6, 6.07) is 5.90. The summed E-state index contributed by atoms with van der Waals surface area (Å²) in [5, 5.41) is 9.00. The van der Waals surface area contributed by atoms with Crippen molar-refractivity contribution in [3.05, 3.63) is 45.2 Å². The molecule has 1 heterocycles. The molecule has 2 rings (SSSR count). The predicted octanol–water partition coefficient (Wildman–Crippen LogP) is 3.96. The number of halogens is 2. The van der Waals surface area contributed by atoms with Gasteiger partial charge in [-0.1, -0.05) is 29.3 Å². The van der Waals surface area contributed by atoms with E-state index in [4.69, 9.17) is 23.2 Å². The van der Waals surface area contributed by atoms with Crippen LogP contribution in [-0.2, 0) is 13.6 Å². The van der Waals surface area contributed by atoms with Crippen LogP contribution in [0.25, 0.3) is 0 Å². The van der Waals surface area contributed by atoms with Gasteiger partial charge >= 0.3 is 0 Å². The fourth-order valence-corrected chi connectivity index (χ4v) is 2.19.